The van der Waals surface area contributed by atoms with Crippen LogP contribution in [0.4, 0.5) is 0 Å². The lowest BCUT2D eigenvalue weighted by molar-refractivity contribution is 0.149. The smallest absolute Gasteiger partial charge is 0.175 e. The van der Waals surface area contributed by atoms with Gasteiger partial charge in [-0.25, -0.2) is 8.42 Å². The highest BCUT2D eigenvalue weighted by molar-refractivity contribution is 7.90. The lowest BCUT2D eigenvalue weighted by atomic mass is 10.1. The topological polar surface area (TPSA) is 74.6 Å². The SMILES string of the molecule is CS(=O)(=O)c1cccc(O)c1CC1(O)CC1. The van der Waals surface area contributed by atoms with Gasteiger partial charge in [0.15, 0.2) is 9.84 Å². The predicted molar refractivity (Wildman–Crippen MR) is 59.1 cm³/mol. The first-order valence-corrected chi connectivity index (χ1v) is 6.94. The van der Waals surface area contributed by atoms with Crippen molar-refractivity contribution in [3.63, 3.8) is 0 Å². The Morgan fingerprint density at radius 1 is 1.38 bits per heavy atom. The first-order chi connectivity index (χ1) is 7.32. The highest BCUT2D eigenvalue weighted by Gasteiger charge is 2.41. The molecule has 1 aromatic rings. The van der Waals surface area contributed by atoms with Crippen molar-refractivity contribution in [3.8, 4) is 5.75 Å². The third kappa shape index (κ3) is 2.20. The van der Waals surface area contributed by atoms with Crippen LogP contribution < -0.4 is 0 Å². The van der Waals surface area contributed by atoms with Gasteiger partial charge in [-0.1, -0.05) is 6.07 Å². The number of benzene rings is 1. The van der Waals surface area contributed by atoms with Crippen molar-refractivity contribution in [3.05, 3.63) is 23.8 Å². The Kier molecular flexibility index (Phi) is 2.47. The van der Waals surface area contributed by atoms with Crippen LogP contribution >= 0.6 is 0 Å². The van der Waals surface area contributed by atoms with Gasteiger partial charge in [-0.05, 0) is 25.0 Å². The van der Waals surface area contributed by atoms with Crippen molar-refractivity contribution in [2.45, 2.75) is 29.8 Å². The summed E-state index contributed by atoms with van der Waals surface area (Å²) in [5.74, 6) is -0.0664. The van der Waals surface area contributed by atoms with Crippen molar-refractivity contribution in [1.82, 2.24) is 0 Å². The van der Waals surface area contributed by atoms with E-state index in [1.165, 1.54) is 18.2 Å². The number of sulfone groups is 1. The lowest BCUT2D eigenvalue weighted by Gasteiger charge is -2.13. The first-order valence-electron chi connectivity index (χ1n) is 5.05. The van der Waals surface area contributed by atoms with Gasteiger partial charge in [0.05, 0.1) is 10.5 Å². The van der Waals surface area contributed by atoms with Crippen LogP contribution in [-0.2, 0) is 16.3 Å². The van der Waals surface area contributed by atoms with Crippen LogP contribution in [0.25, 0.3) is 0 Å². The van der Waals surface area contributed by atoms with Crippen LogP contribution in [0.15, 0.2) is 23.1 Å². The lowest BCUT2D eigenvalue weighted by Crippen LogP contribution is -2.14. The van der Waals surface area contributed by atoms with E-state index in [0.29, 0.717) is 18.4 Å². The molecule has 0 heterocycles. The van der Waals surface area contributed by atoms with E-state index < -0.39 is 15.4 Å². The Morgan fingerprint density at radius 3 is 2.50 bits per heavy atom. The van der Waals surface area contributed by atoms with Crippen molar-refractivity contribution in [2.75, 3.05) is 6.26 Å². The molecule has 0 atom stereocenters. The number of phenols is 1. The monoisotopic (exact) mass is 242 g/mol. The second-order valence-corrected chi connectivity index (χ2v) is 6.41. The van der Waals surface area contributed by atoms with Gasteiger partial charge in [-0.15, -0.1) is 0 Å². The minimum Gasteiger partial charge on any atom is -0.508 e. The van der Waals surface area contributed by atoms with Crippen LogP contribution in [0.2, 0.25) is 0 Å². The van der Waals surface area contributed by atoms with E-state index in [1.807, 2.05) is 0 Å². The molecule has 0 unspecified atom stereocenters. The standard InChI is InChI=1S/C11H14O4S/c1-16(14,15)10-4-2-3-9(12)8(10)7-11(13)5-6-11/h2-4,12-13H,5-7H2,1H3. The van der Waals surface area contributed by atoms with E-state index in [-0.39, 0.29) is 17.1 Å². The van der Waals surface area contributed by atoms with Crippen LogP contribution in [0, 0.1) is 0 Å². The fourth-order valence-electron chi connectivity index (χ4n) is 1.73. The van der Waals surface area contributed by atoms with Gasteiger partial charge in [-0.2, -0.15) is 0 Å². The summed E-state index contributed by atoms with van der Waals surface area (Å²) in [6.45, 7) is 0. The summed E-state index contributed by atoms with van der Waals surface area (Å²) in [6.07, 6.45) is 2.61. The van der Waals surface area contributed by atoms with E-state index in [9.17, 15) is 18.6 Å². The second-order valence-electron chi connectivity index (χ2n) is 4.43. The third-order valence-electron chi connectivity index (χ3n) is 2.84. The van der Waals surface area contributed by atoms with E-state index >= 15 is 0 Å². The molecule has 5 heteroatoms. The van der Waals surface area contributed by atoms with E-state index in [0.717, 1.165) is 6.26 Å². The largest absolute Gasteiger partial charge is 0.508 e. The van der Waals surface area contributed by atoms with Crippen LogP contribution in [0.5, 0.6) is 5.75 Å². The van der Waals surface area contributed by atoms with Crippen molar-refractivity contribution < 1.29 is 18.6 Å². The summed E-state index contributed by atoms with van der Waals surface area (Å²) in [5, 5.41) is 19.5. The van der Waals surface area contributed by atoms with Gasteiger partial charge in [0.2, 0.25) is 0 Å². The van der Waals surface area contributed by atoms with E-state index in [4.69, 9.17) is 0 Å². The van der Waals surface area contributed by atoms with Crippen LogP contribution in [0.1, 0.15) is 18.4 Å². The maximum absolute atomic E-state index is 11.5. The Morgan fingerprint density at radius 2 is 2.00 bits per heavy atom. The Labute approximate surface area is 94.5 Å². The van der Waals surface area contributed by atoms with Gasteiger partial charge in [0, 0.05) is 18.2 Å². The molecule has 0 spiro atoms. The molecule has 1 fully saturated rings. The molecule has 2 N–H and O–H groups in total. The summed E-state index contributed by atoms with van der Waals surface area (Å²) < 4.78 is 23.0. The number of aromatic hydroxyl groups is 1. The zero-order chi connectivity index (χ0) is 12.0. The third-order valence-corrected chi connectivity index (χ3v) is 4.02. The normalized spacial score (nSPS) is 18.4. The molecule has 1 aliphatic carbocycles. The maximum Gasteiger partial charge on any atom is 0.175 e. The zero-order valence-electron chi connectivity index (χ0n) is 8.97. The molecule has 0 aromatic heterocycles. The number of hydrogen-bond donors (Lipinski definition) is 2. The Bertz CT molecular complexity index is 515. The molecule has 16 heavy (non-hydrogen) atoms. The molecule has 0 aliphatic heterocycles. The van der Waals surface area contributed by atoms with Gasteiger partial charge in [0.25, 0.3) is 0 Å². The summed E-state index contributed by atoms with van der Waals surface area (Å²) in [4.78, 5) is 0.104. The van der Waals surface area contributed by atoms with E-state index in [1.54, 1.807) is 0 Å². The van der Waals surface area contributed by atoms with Crippen LogP contribution in [-0.4, -0.2) is 30.5 Å². The Hall–Kier alpha value is -1.07. The predicted octanol–water partition coefficient (Wildman–Crippen LogP) is 0.863. The van der Waals surface area contributed by atoms with Gasteiger partial charge in [-0.3, -0.25) is 0 Å². The molecule has 0 amide bonds. The van der Waals surface area contributed by atoms with Crippen LogP contribution in [0.3, 0.4) is 0 Å². The molecular weight excluding hydrogens is 228 g/mol. The summed E-state index contributed by atoms with van der Waals surface area (Å²) >= 11 is 0. The molecule has 2 rings (SSSR count). The molecule has 1 aliphatic rings. The van der Waals surface area contributed by atoms with E-state index in [2.05, 4.69) is 0 Å². The minimum absolute atomic E-state index is 0.0664. The van der Waals surface area contributed by atoms with Crippen molar-refractivity contribution >= 4 is 9.84 Å². The zero-order valence-corrected chi connectivity index (χ0v) is 9.79. The average Bonchev–Trinajstić information content (AvgIpc) is 2.86. The van der Waals surface area contributed by atoms with Gasteiger partial charge < -0.3 is 10.2 Å². The average molecular weight is 242 g/mol. The molecular formula is C11H14O4S. The second kappa shape index (κ2) is 3.46. The number of phenolic OH excluding ortho intramolecular Hbond substituents is 1. The summed E-state index contributed by atoms with van der Waals surface area (Å²) in [5.41, 5.74) is -0.497. The summed E-state index contributed by atoms with van der Waals surface area (Å²) in [6, 6.07) is 4.39. The fourth-order valence-corrected chi connectivity index (χ4v) is 2.68. The number of hydrogen-bond acceptors (Lipinski definition) is 4. The highest BCUT2D eigenvalue weighted by Crippen LogP contribution is 2.41. The molecule has 0 saturated heterocycles. The first kappa shape index (κ1) is 11.4. The number of rotatable bonds is 3. The molecule has 88 valence electrons. The quantitative estimate of drug-likeness (QED) is 0.824. The molecule has 1 aromatic carbocycles. The number of aliphatic hydroxyl groups is 1. The van der Waals surface area contributed by atoms with Gasteiger partial charge in [0.1, 0.15) is 5.75 Å². The highest BCUT2D eigenvalue weighted by atomic mass is 32.2. The maximum atomic E-state index is 11.5. The van der Waals surface area contributed by atoms with Crippen molar-refractivity contribution in [1.29, 1.82) is 0 Å². The summed E-state index contributed by atoms with van der Waals surface area (Å²) in [7, 11) is -3.37. The molecule has 0 radical (unpaired) electrons. The molecule has 1 saturated carbocycles. The minimum atomic E-state index is -3.37. The van der Waals surface area contributed by atoms with Gasteiger partial charge >= 0.3 is 0 Å². The molecule has 0 bridgehead atoms. The fraction of sp³-hybridized carbons (Fsp3) is 0.455. The Balaban J connectivity index is 2.49. The molecule has 4 nitrogen and oxygen atoms in total. The van der Waals surface area contributed by atoms with Crippen molar-refractivity contribution in [2.24, 2.45) is 0 Å².